The van der Waals surface area contributed by atoms with Gasteiger partial charge in [0.25, 0.3) is 0 Å². The van der Waals surface area contributed by atoms with Crippen molar-refractivity contribution in [3.8, 4) is 0 Å². The molecule has 7 nitrogen and oxygen atoms in total. The van der Waals surface area contributed by atoms with Crippen molar-refractivity contribution in [1.29, 1.82) is 0 Å². The van der Waals surface area contributed by atoms with Crippen molar-refractivity contribution >= 4 is 11.6 Å². The summed E-state index contributed by atoms with van der Waals surface area (Å²) in [6.07, 6.45) is 9.17. The third-order valence-corrected chi connectivity index (χ3v) is 4.12. The van der Waals surface area contributed by atoms with E-state index in [4.69, 9.17) is 5.11 Å². The highest BCUT2D eigenvalue weighted by molar-refractivity contribution is 5.86. The van der Waals surface area contributed by atoms with Crippen molar-refractivity contribution < 1.29 is 15.0 Å². The molecular formula is C16H16N4O3. The fraction of sp³-hybridized carbons (Fsp3) is 0.312. The van der Waals surface area contributed by atoms with E-state index >= 15 is 0 Å². The molecule has 7 heteroatoms. The molecule has 2 N–H and O–H groups in total. The van der Waals surface area contributed by atoms with Crippen molar-refractivity contribution in [2.45, 2.75) is 31.9 Å². The third kappa shape index (κ3) is 2.59. The summed E-state index contributed by atoms with van der Waals surface area (Å²) in [6, 6.07) is 2.03. The fourth-order valence-corrected chi connectivity index (χ4v) is 2.80. The highest BCUT2D eigenvalue weighted by Crippen LogP contribution is 2.40. The van der Waals surface area contributed by atoms with Gasteiger partial charge in [-0.3, -0.25) is 4.68 Å². The molecule has 0 saturated heterocycles. The minimum absolute atomic E-state index is 0.0502. The molecule has 1 saturated carbocycles. The number of pyridine rings is 1. The van der Waals surface area contributed by atoms with Crippen LogP contribution in [0.1, 0.15) is 45.9 Å². The SMILES string of the molecule is O=C(O)c1cnn(Cc2cn3cc(C4CC4)cc(CO)c3n2)c1. The maximum Gasteiger partial charge on any atom is 0.338 e. The molecule has 0 atom stereocenters. The molecule has 0 amide bonds. The van der Waals surface area contributed by atoms with Crippen molar-refractivity contribution in [2.75, 3.05) is 0 Å². The number of rotatable bonds is 5. The Labute approximate surface area is 131 Å². The molecule has 0 bridgehead atoms. The minimum atomic E-state index is -0.997. The van der Waals surface area contributed by atoms with Gasteiger partial charge in [-0.2, -0.15) is 5.10 Å². The normalized spacial score (nSPS) is 14.5. The van der Waals surface area contributed by atoms with Gasteiger partial charge in [-0.15, -0.1) is 0 Å². The predicted molar refractivity (Wildman–Crippen MR) is 81.4 cm³/mol. The van der Waals surface area contributed by atoms with Gasteiger partial charge >= 0.3 is 5.97 Å². The van der Waals surface area contributed by atoms with Crippen LogP contribution in [0.3, 0.4) is 0 Å². The highest BCUT2D eigenvalue weighted by atomic mass is 16.4. The van der Waals surface area contributed by atoms with Crippen LogP contribution in [0, 0.1) is 0 Å². The Morgan fingerprint density at radius 3 is 2.78 bits per heavy atom. The molecule has 0 aliphatic heterocycles. The van der Waals surface area contributed by atoms with E-state index in [1.165, 1.54) is 30.8 Å². The molecule has 0 unspecified atom stereocenters. The van der Waals surface area contributed by atoms with Crippen LogP contribution in [0.2, 0.25) is 0 Å². The van der Waals surface area contributed by atoms with Gasteiger partial charge in [0.2, 0.25) is 0 Å². The third-order valence-electron chi connectivity index (χ3n) is 4.12. The lowest BCUT2D eigenvalue weighted by atomic mass is 10.1. The standard InChI is InChI=1S/C16H16N4O3/c21-9-12-3-11(10-1-2-10)5-19-7-14(18-15(12)19)8-20-6-13(4-17-20)16(22)23/h3-7,10,21H,1-2,8-9H2,(H,22,23). The first-order valence-electron chi connectivity index (χ1n) is 7.51. The molecule has 1 aliphatic carbocycles. The summed E-state index contributed by atoms with van der Waals surface area (Å²) in [6.45, 7) is 0.337. The van der Waals surface area contributed by atoms with Crippen molar-refractivity contribution in [3.05, 3.63) is 53.2 Å². The van der Waals surface area contributed by atoms with Crippen LogP contribution in [0.25, 0.3) is 5.65 Å². The van der Waals surface area contributed by atoms with Gasteiger partial charge in [0.05, 0.1) is 30.6 Å². The predicted octanol–water partition coefficient (Wildman–Crippen LogP) is 1.65. The van der Waals surface area contributed by atoms with Crippen molar-refractivity contribution in [1.82, 2.24) is 19.2 Å². The average Bonchev–Trinajstić information content (AvgIpc) is 3.14. The smallest absolute Gasteiger partial charge is 0.338 e. The molecule has 3 aromatic heterocycles. The van der Waals surface area contributed by atoms with E-state index in [0.717, 1.165) is 16.9 Å². The Bertz CT molecular complexity index is 892. The number of hydrogen-bond acceptors (Lipinski definition) is 4. The zero-order valence-electron chi connectivity index (χ0n) is 12.4. The molecule has 1 fully saturated rings. The van der Waals surface area contributed by atoms with Gasteiger partial charge in [0, 0.05) is 24.2 Å². The van der Waals surface area contributed by atoms with E-state index in [1.807, 2.05) is 16.7 Å². The maximum absolute atomic E-state index is 10.9. The summed E-state index contributed by atoms with van der Waals surface area (Å²) >= 11 is 0. The summed E-state index contributed by atoms with van der Waals surface area (Å²) in [5, 5.41) is 22.6. The van der Waals surface area contributed by atoms with Crippen LogP contribution < -0.4 is 0 Å². The van der Waals surface area contributed by atoms with Crippen LogP contribution >= 0.6 is 0 Å². The number of aromatic carboxylic acids is 1. The number of imidazole rings is 1. The summed E-state index contributed by atoms with van der Waals surface area (Å²) in [5.74, 6) is -0.400. The Kier molecular flexibility index (Phi) is 3.16. The molecule has 0 radical (unpaired) electrons. The molecule has 3 aromatic rings. The van der Waals surface area contributed by atoms with E-state index in [0.29, 0.717) is 12.5 Å². The van der Waals surface area contributed by atoms with Crippen LogP contribution in [0.4, 0.5) is 0 Å². The van der Waals surface area contributed by atoms with Gasteiger partial charge in [-0.05, 0) is 30.4 Å². The first-order valence-corrected chi connectivity index (χ1v) is 7.51. The summed E-state index contributed by atoms with van der Waals surface area (Å²) in [5.41, 5.74) is 3.70. The number of carboxylic acids is 1. The van der Waals surface area contributed by atoms with Crippen molar-refractivity contribution in [2.24, 2.45) is 0 Å². The second-order valence-corrected chi connectivity index (χ2v) is 5.93. The van der Waals surface area contributed by atoms with Crippen molar-refractivity contribution in [3.63, 3.8) is 0 Å². The summed E-state index contributed by atoms with van der Waals surface area (Å²) in [4.78, 5) is 15.4. The van der Waals surface area contributed by atoms with Crippen LogP contribution in [0.15, 0.2) is 30.9 Å². The Morgan fingerprint density at radius 2 is 2.13 bits per heavy atom. The Hall–Kier alpha value is -2.67. The number of aliphatic hydroxyl groups excluding tert-OH is 1. The molecule has 1 aliphatic rings. The highest BCUT2D eigenvalue weighted by Gasteiger charge is 2.25. The number of fused-ring (bicyclic) bond motifs is 1. The summed E-state index contributed by atoms with van der Waals surface area (Å²) in [7, 11) is 0. The summed E-state index contributed by atoms with van der Waals surface area (Å²) < 4.78 is 3.49. The van der Waals surface area contributed by atoms with Crippen LogP contribution in [-0.4, -0.2) is 35.3 Å². The first-order chi connectivity index (χ1) is 11.1. The van der Waals surface area contributed by atoms with Crippen LogP contribution in [0.5, 0.6) is 0 Å². The number of aromatic nitrogens is 4. The van der Waals surface area contributed by atoms with E-state index < -0.39 is 5.97 Å². The average molecular weight is 312 g/mol. The number of aliphatic hydroxyl groups is 1. The largest absolute Gasteiger partial charge is 0.478 e. The zero-order valence-corrected chi connectivity index (χ0v) is 12.4. The topological polar surface area (TPSA) is 92.7 Å². The van der Waals surface area contributed by atoms with E-state index in [-0.39, 0.29) is 12.2 Å². The molecule has 23 heavy (non-hydrogen) atoms. The fourth-order valence-electron chi connectivity index (χ4n) is 2.80. The quantitative estimate of drug-likeness (QED) is 0.747. The first kappa shape index (κ1) is 14.0. The molecule has 118 valence electrons. The second kappa shape index (κ2) is 5.20. The van der Waals surface area contributed by atoms with Gasteiger partial charge in [-0.25, -0.2) is 9.78 Å². The minimum Gasteiger partial charge on any atom is -0.478 e. The number of nitrogens with zero attached hydrogens (tertiary/aromatic N) is 4. The maximum atomic E-state index is 10.9. The zero-order chi connectivity index (χ0) is 16.0. The van der Waals surface area contributed by atoms with Gasteiger partial charge in [0.15, 0.2) is 0 Å². The number of hydrogen-bond donors (Lipinski definition) is 2. The lowest BCUT2D eigenvalue weighted by Crippen LogP contribution is -2.00. The Morgan fingerprint density at radius 1 is 1.30 bits per heavy atom. The lowest BCUT2D eigenvalue weighted by Gasteiger charge is -2.04. The van der Waals surface area contributed by atoms with Gasteiger partial charge in [0.1, 0.15) is 5.65 Å². The number of carbonyl (C=O) groups is 1. The van der Waals surface area contributed by atoms with E-state index in [1.54, 1.807) is 4.68 Å². The van der Waals surface area contributed by atoms with E-state index in [9.17, 15) is 9.90 Å². The molecular weight excluding hydrogens is 296 g/mol. The molecule has 3 heterocycles. The second-order valence-electron chi connectivity index (χ2n) is 5.93. The molecule has 0 spiro atoms. The molecule has 4 rings (SSSR count). The Balaban J connectivity index is 1.68. The van der Waals surface area contributed by atoms with Gasteiger partial charge < -0.3 is 14.6 Å². The van der Waals surface area contributed by atoms with Gasteiger partial charge in [-0.1, -0.05) is 0 Å². The molecule has 0 aromatic carbocycles. The monoisotopic (exact) mass is 312 g/mol. The number of carboxylic acid groups (broad SMARTS) is 1. The van der Waals surface area contributed by atoms with E-state index in [2.05, 4.69) is 16.3 Å². The van der Waals surface area contributed by atoms with Crippen LogP contribution in [-0.2, 0) is 13.2 Å². The lowest BCUT2D eigenvalue weighted by molar-refractivity contribution is 0.0696.